The molecule has 0 spiro atoms. The molecule has 2 aliphatic rings. The normalized spacial score (nSPS) is 15.3. The van der Waals surface area contributed by atoms with Gasteiger partial charge in [-0.1, -0.05) is 18.2 Å². The van der Waals surface area contributed by atoms with Crippen molar-refractivity contribution in [1.82, 2.24) is 9.88 Å². The average molecular weight is 486 g/mol. The molecule has 1 amide bonds. The molecule has 0 radical (unpaired) electrons. The summed E-state index contributed by atoms with van der Waals surface area (Å²) in [6.07, 6.45) is 3.07. The van der Waals surface area contributed by atoms with Gasteiger partial charge in [0.15, 0.2) is 5.75 Å². The zero-order valence-corrected chi connectivity index (χ0v) is 19.3. The number of nitrogens with zero attached hydrogens (tertiary/aromatic N) is 5. The van der Waals surface area contributed by atoms with E-state index in [-0.39, 0.29) is 32.1 Å². The van der Waals surface area contributed by atoms with E-state index in [4.69, 9.17) is 15.3 Å². The van der Waals surface area contributed by atoms with E-state index >= 15 is 0 Å². The molecule has 1 aromatic heterocycles. The number of hydrogen-bond acceptors (Lipinski definition) is 7. The SMILES string of the molecule is N#Cc1ccc(-c2cncc3c2OCCN3S(=O)(=O)C2CN(C(=O)c3cccc(C#N)c3)C2)cc1. The van der Waals surface area contributed by atoms with Gasteiger partial charge in [0.1, 0.15) is 17.5 Å². The molecule has 1 saturated heterocycles. The minimum atomic E-state index is -3.79. The summed E-state index contributed by atoms with van der Waals surface area (Å²) in [5.41, 5.74) is 2.98. The van der Waals surface area contributed by atoms with Crippen LogP contribution < -0.4 is 9.04 Å². The van der Waals surface area contributed by atoms with Crippen LogP contribution >= 0.6 is 0 Å². The maximum absolute atomic E-state index is 13.5. The second-order valence-corrected chi connectivity index (χ2v) is 10.4. The predicted octanol–water partition coefficient (Wildman–Crippen LogP) is 2.55. The zero-order chi connectivity index (χ0) is 24.6. The maximum atomic E-state index is 13.5. The molecule has 0 saturated carbocycles. The first-order chi connectivity index (χ1) is 16.9. The van der Waals surface area contributed by atoms with Crippen LogP contribution in [-0.4, -0.2) is 55.7 Å². The van der Waals surface area contributed by atoms with Crippen molar-refractivity contribution in [3.05, 3.63) is 77.6 Å². The van der Waals surface area contributed by atoms with E-state index in [9.17, 15) is 13.2 Å². The number of anilines is 1. The Balaban J connectivity index is 1.37. The number of sulfonamides is 1. The zero-order valence-electron chi connectivity index (χ0n) is 18.5. The first-order valence-corrected chi connectivity index (χ1v) is 12.3. The standard InChI is InChI=1S/C25H19N5O4S/c26-11-17-4-6-19(7-5-17)22-13-28-14-23-24(22)34-9-8-30(23)35(32,33)21-15-29(16-21)25(31)20-3-1-2-18(10-20)12-27/h1-7,10,13-14,21H,8-9,15-16H2. The van der Waals surface area contributed by atoms with Crippen molar-refractivity contribution in [1.29, 1.82) is 10.5 Å². The molecule has 0 atom stereocenters. The Labute approximate surface area is 202 Å². The van der Waals surface area contributed by atoms with Crippen LogP contribution in [-0.2, 0) is 10.0 Å². The van der Waals surface area contributed by atoms with Gasteiger partial charge >= 0.3 is 0 Å². The summed E-state index contributed by atoms with van der Waals surface area (Å²) in [7, 11) is -3.79. The van der Waals surface area contributed by atoms with Gasteiger partial charge in [-0.05, 0) is 35.9 Å². The Bertz CT molecular complexity index is 1500. The fourth-order valence-corrected chi connectivity index (χ4v) is 6.02. The highest BCUT2D eigenvalue weighted by molar-refractivity contribution is 7.93. The van der Waals surface area contributed by atoms with Gasteiger partial charge in [0, 0.05) is 30.4 Å². The van der Waals surface area contributed by atoms with Crippen molar-refractivity contribution in [3.8, 4) is 29.0 Å². The van der Waals surface area contributed by atoms with Crippen molar-refractivity contribution < 1.29 is 17.9 Å². The van der Waals surface area contributed by atoms with Gasteiger partial charge in [0.2, 0.25) is 10.0 Å². The van der Waals surface area contributed by atoms with Crippen LogP contribution in [0.4, 0.5) is 5.69 Å². The fraction of sp³-hybridized carbons (Fsp3) is 0.200. The van der Waals surface area contributed by atoms with Gasteiger partial charge < -0.3 is 9.64 Å². The van der Waals surface area contributed by atoms with E-state index in [0.717, 1.165) is 5.56 Å². The summed E-state index contributed by atoms with van der Waals surface area (Å²) in [5.74, 6) is 0.112. The van der Waals surface area contributed by atoms with E-state index < -0.39 is 15.3 Å². The van der Waals surface area contributed by atoms with Crippen molar-refractivity contribution in [2.24, 2.45) is 0 Å². The molecule has 1 fully saturated rings. The van der Waals surface area contributed by atoms with Crippen LogP contribution in [0.5, 0.6) is 5.75 Å². The molecule has 0 N–H and O–H groups in total. The predicted molar refractivity (Wildman–Crippen MR) is 127 cm³/mol. The minimum Gasteiger partial charge on any atom is -0.489 e. The van der Waals surface area contributed by atoms with E-state index in [0.29, 0.717) is 33.7 Å². The summed E-state index contributed by atoms with van der Waals surface area (Å²) in [6, 6.07) is 17.3. The van der Waals surface area contributed by atoms with Crippen molar-refractivity contribution in [3.63, 3.8) is 0 Å². The van der Waals surface area contributed by atoms with Crippen molar-refractivity contribution in [2.45, 2.75) is 5.25 Å². The van der Waals surface area contributed by atoms with E-state index in [2.05, 4.69) is 11.1 Å². The van der Waals surface area contributed by atoms with E-state index in [1.54, 1.807) is 48.7 Å². The fourth-order valence-electron chi connectivity index (χ4n) is 4.19. The summed E-state index contributed by atoms with van der Waals surface area (Å²) in [4.78, 5) is 18.5. The van der Waals surface area contributed by atoms with Crippen LogP contribution in [0, 0.1) is 22.7 Å². The number of pyridine rings is 1. The Kier molecular flexibility index (Phi) is 5.59. The quantitative estimate of drug-likeness (QED) is 0.556. The van der Waals surface area contributed by atoms with Gasteiger partial charge in [-0.25, -0.2) is 8.42 Å². The molecule has 3 aromatic rings. The number of benzene rings is 2. The summed E-state index contributed by atoms with van der Waals surface area (Å²) < 4.78 is 34.2. The minimum absolute atomic E-state index is 0.0629. The Morgan fingerprint density at radius 3 is 2.49 bits per heavy atom. The lowest BCUT2D eigenvalue weighted by atomic mass is 10.0. The lowest BCUT2D eigenvalue weighted by molar-refractivity contribution is 0.0658. The van der Waals surface area contributed by atoms with Gasteiger partial charge in [-0.3, -0.25) is 14.1 Å². The monoisotopic (exact) mass is 485 g/mol. The van der Waals surface area contributed by atoms with Crippen LogP contribution in [0.2, 0.25) is 0 Å². The number of aromatic nitrogens is 1. The molecule has 2 aromatic carbocycles. The molecule has 35 heavy (non-hydrogen) atoms. The van der Waals surface area contributed by atoms with Crippen LogP contribution in [0.25, 0.3) is 11.1 Å². The molecular formula is C25H19N5O4S. The highest BCUT2D eigenvalue weighted by Crippen LogP contribution is 2.42. The van der Waals surface area contributed by atoms with Crippen molar-refractivity contribution in [2.75, 3.05) is 30.5 Å². The maximum Gasteiger partial charge on any atom is 0.253 e. The molecule has 0 bridgehead atoms. The average Bonchev–Trinajstić information content (AvgIpc) is 2.87. The highest BCUT2D eigenvalue weighted by Gasteiger charge is 2.44. The molecule has 5 rings (SSSR count). The molecule has 3 heterocycles. The van der Waals surface area contributed by atoms with Crippen LogP contribution in [0.3, 0.4) is 0 Å². The van der Waals surface area contributed by atoms with Gasteiger partial charge in [-0.15, -0.1) is 0 Å². The summed E-state index contributed by atoms with van der Waals surface area (Å²) >= 11 is 0. The molecule has 0 aliphatic carbocycles. The number of hydrogen-bond donors (Lipinski definition) is 0. The third-order valence-corrected chi connectivity index (χ3v) is 8.25. The van der Waals surface area contributed by atoms with E-state index in [1.165, 1.54) is 21.5 Å². The number of likely N-dealkylation sites (tertiary alicyclic amines) is 1. The number of ether oxygens (including phenoxy) is 1. The van der Waals surface area contributed by atoms with Gasteiger partial charge in [0.25, 0.3) is 5.91 Å². The van der Waals surface area contributed by atoms with Gasteiger partial charge in [-0.2, -0.15) is 10.5 Å². The first kappa shape index (κ1) is 22.4. The number of fused-ring (bicyclic) bond motifs is 1. The second kappa shape index (κ2) is 8.75. The summed E-state index contributed by atoms with van der Waals surface area (Å²) in [6.45, 7) is 0.444. The molecular weight excluding hydrogens is 466 g/mol. The first-order valence-electron chi connectivity index (χ1n) is 10.8. The molecule has 9 nitrogen and oxygen atoms in total. The number of carbonyl (C=O) groups excluding carboxylic acids is 1. The van der Waals surface area contributed by atoms with Gasteiger partial charge in [0.05, 0.1) is 36.0 Å². The lowest BCUT2D eigenvalue weighted by Crippen LogP contribution is -2.60. The van der Waals surface area contributed by atoms with E-state index in [1.807, 2.05) is 6.07 Å². The topological polar surface area (TPSA) is 127 Å². The van der Waals surface area contributed by atoms with Crippen LogP contribution in [0.1, 0.15) is 21.5 Å². The third kappa shape index (κ3) is 3.94. The Hall–Kier alpha value is -4.41. The largest absolute Gasteiger partial charge is 0.489 e. The molecule has 0 unspecified atom stereocenters. The number of carbonyl (C=O) groups is 1. The second-order valence-electron chi connectivity index (χ2n) is 8.21. The lowest BCUT2D eigenvalue weighted by Gasteiger charge is -2.42. The Morgan fingerprint density at radius 1 is 1.03 bits per heavy atom. The Morgan fingerprint density at radius 2 is 1.77 bits per heavy atom. The van der Waals surface area contributed by atoms with Crippen LogP contribution in [0.15, 0.2) is 60.9 Å². The number of amides is 1. The third-order valence-electron chi connectivity index (χ3n) is 6.11. The molecule has 174 valence electrons. The van der Waals surface area contributed by atoms with Crippen molar-refractivity contribution >= 4 is 21.6 Å². The highest BCUT2D eigenvalue weighted by atomic mass is 32.2. The molecule has 2 aliphatic heterocycles. The smallest absolute Gasteiger partial charge is 0.253 e. The number of nitriles is 2. The summed E-state index contributed by atoms with van der Waals surface area (Å²) in [5, 5.41) is 17.3. The number of rotatable bonds is 4. The molecule has 10 heteroatoms.